The van der Waals surface area contributed by atoms with Gasteiger partial charge in [-0.1, -0.05) is 6.07 Å². The van der Waals surface area contributed by atoms with Gasteiger partial charge >= 0.3 is 0 Å². The molecule has 2 saturated heterocycles. The van der Waals surface area contributed by atoms with Gasteiger partial charge in [-0.25, -0.2) is 4.98 Å². The lowest BCUT2D eigenvalue weighted by atomic mass is 9.53. The van der Waals surface area contributed by atoms with Gasteiger partial charge in [0.15, 0.2) is 17.7 Å². The fraction of sp³-hybridized carbons (Fsp3) is 0.737. The number of nitrogens with zero attached hydrogens (tertiary/aromatic N) is 2. The maximum Gasteiger partial charge on any atom is 0.242 e. The standard InChI is InChI=1S/C38H44N2O5/c41-40-30(6-2-24-4-8-32-36(34(24)40)45-38(43-32)27-15-21-10-22(17-27)18-28(38)16-21)29-5-1-23-3-7-31-35(33(23)39-29)44-37(42-31)25-11-19-9-20(13-25)14-26(37)12-19/h1-2,5-6,19-22,25-28,31-32,35-36H,3-4,7-18H2/t19?,20?,21?,22?,25?,26?,27?,28?,31-,32-,35-,36-,37?,38?/m0/s1. The molecule has 7 heteroatoms. The predicted molar refractivity (Wildman–Crippen MR) is 162 cm³/mol. The molecule has 0 N–H and O–H groups in total. The third-order valence-corrected chi connectivity index (χ3v) is 14.9. The van der Waals surface area contributed by atoms with Crippen LogP contribution in [0.25, 0.3) is 11.4 Å². The first-order chi connectivity index (χ1) is 22.0. The van der Waals surface area contributed by atoms with Crippen molar-refractivity contribution in [2.75, 3.05) is 0 Å². The summed E-state index contributed by atoms with van der Waals surface area (Å²) in [5.74, 6) is 4.53. The summed E-state index contributed by atoms with van der Waals surface area (Å²) in [6.45, 7) is 0. The van der Waals surface area contributed by atoms with Gasteiger partial charge in [-0.3, -0.25) is 0 Å². The second-order valence-corrected chi connectivity index (χ2v) is 17.2. The highest BCUT2D eigenvalue weighted by Gasteiger charge is 2.67. The van der Waals surface area contributed by atoms with Crippen molar-refractivity contribution in [2.45, 2.75) is 126 Å². The minimum atomic E-state index is -0.486. The average Bonchev–Trinajstić information content (AvgIpc) is 3.63. The van der Waals surface area contributed by atoms with Crippen LogP contribution in [0.5, 0.6) is 0 Å². The van der Waals surface area contributed by atoms with Crippen LogP contribution in [0, 0.1) is 52.6 Å². The monoisotopic (exact) mass is 608 g/mol. The first-order valence-electron chi connectivity index (χ1n) is 18.5. The second kappa shape index (κ2) is 8.69. The van der Waals surface area contributed by atoms with E-state index in [1.807, 2.05) is 6.07 Å². The van der Waals surface area contributed by atoms with Crippen molar-refractivity contribution in [3.63, 3.8) is 0 Å². The maximum absolute atomic E-state index is 14.4. The predicted octanol–water partition coefficient (Wildman–Crippen LogP) is 6.49. The molecule has 8 bridgehead atoms. The fourth-order valence-corrected chi connectivity index (χ4v) is 13.5. The lowest BCUT2D eigenvalue weighted by molar-refractivity contribution is -0.609. The first kappa shape index (κ1) is 26.0. The van der Waals surface area contributed by atoms with Crippen molar-refractivity contribution in [2.24, 2.45) is 47.3 Å². The van der Waals surface area contributed by atoms with E-state index in [9.17, 15) is 5.21 Å². The maximum atomic E-state index is 14.4. The van der Waals surface area contributed by atoms with Gasteiger partial charge in [-0.2, -0.15) is 4.73 Å². The minimum absolute atomic E-state index is 0.0380. The molecule has 7 nitrogen and oxygen atoms in total. The Morgan fingerprint density at radius 2 is 1.11 bits per heavy atom. The molecule has 4 heterocycles. The summed E-state index contributed by atoms with van der Waals surface area (Å²) in [5, 5.41) is 14.4. The molecule has 2 spiro atoms. The molecule has 2 aromatic rings. The zero-order valence-corrected chi connectivity index (χ0v) is 26.1. The van der Waals surface area contributed by atoms with Gasteiger partial charge in [0.05, 0.1) is 17.9 Å². The Kier molecular flexibility index (Phi) is 5.01. The van der Waals surface area contributed by atoms with Gasteiger partial charge in [0, 0.05) is 35.3 Å². The fourth-order valence-electron chi connectivity index (χ4n) is 13.5. The average molecular weight is 609 g/mol. The molecule has 8 saturated carbocycles. The van der Waals surface area contributed by atoms with Crippen LogP contribution in [0.2, 0.25) is 0 Å². The van der Waals surface area contributed by atoms with E-state index in [2.05, 4.69) is 18.2 Å². The molecule has 10 aliphatic carbocycles. The summed E-state index contributed by atoms with van der Waals surface area (Å²) < 4.78 is 29.4. The lowest BCUT2D eigenvalue weighted by Gasteiger charge is -2.58. The van der Waals surface area contributed by atoms with E-state index in [1.54, 1.807) is 0 Å². The SMILES string of the molecule is [O-][n+]1c(-c2ccc3c(n2)[C@H]2OC4(O[C@H]2CC3)C2CC3CC(C2)CC4C3)ccc2c1[C@H]1OC3(O[C@H]1CC2)C1CC2CC(C1)CC3C2. The summed E-state index contributed by atoms with van der Waals surface area (Å²) in [5.41, 5.74) is 5.45. The van der Waals surface area contributed by atoms with Crippen LogP contribution in [-0.4, -0.2) is 28.8 Å². The lowest BCUT2D eigenvalue weighted by Crippen LogP contribution is -2.58. The number of hydrogen-bond donors (Lipinski definition) is 0. The van der Waals surface area contributed by atoms with Crippen molar-refractivity contribution < 1.29 is 23.7 Å². The second-order valence-electron chi connectivity index (χ2n) is 17.2. The molecule has 236 valence electrons. The normalized spacial score (nSPS) is 50.7. The Bertz CT molecular complexity index is 1570. The van der Waals surface area contributed by atoms with Crippen molar-refractivity contribution in [3.8, 4) is 11.4 Å². The number of ether oxygens (including phenoxy) is 4. The number of aromatic nitrogens is 2. The van der Waals surface area contributed by atoms with E-state index < -0.39 is 11.6 Å². The van der Waals surface area contributed by atoms with Gasteiger partial charge in [-0.15, -0.1) is 0 Å². The summed E-state index contributed by atoms with van der Waals surface area (Å²) in [7, 11) is 0. The molecule has 14 rings (SSSR count). The first-order valence-corrected chi connectivity index (χ1v) is 18.5. The van der Waals surface area contributed by atoms with E-state index in [0.717, 1.165) is 76.7 Å². The van der Waals surface area contributed by atoms with E-state index in [4.69, 9.17) is 23.9 Å². The zero-order chi connectivity index (χ0) is 29.2. The zero-order valence-electron chi connectivity index (χ0n) is 26.1. The molecule has 0 radical (unpaired) electrons. The topological polar surface area (TPSA) is 76.8 Å². The molecule has 2 aromatic heterocycles. The Labute approximate surface area is 265 Å². The summed E-state index contributed by atoms with van der Waals surface area (Å²) in [4.78, 5) is 5.26. The molecular formula is C38H44N2O5. The third kappa shape index (κ3) is 3.32. The van der Waals surface area contributed by atoms with Crippen LogP contribution in [0.15, 0.2) is 24.3 Å². The molecule has 0 unspecified atom stereocenters. The Hall–Kier alpha value is -2.06. The Balaban J connectivity index is 0.891. The van der Waals surface area contributed by atoms with Gasteiger partial charge in [-0.05, 0) is 131 Å². The van der Waals surface area contributed by atoms with Crippen LogP contribution in [-0.2, 0) is 31.8 Å². The van der Waals surface area contributed by atoms with Crippen LogP contribution in [0.3, 0.4) is 0 Å². The van der Waals surface area contributed by atoms with Crippen molar-refractivity contribution in [3.05, 3.63) is 52.0 Å². The Morgan fingerprint density at radius 1 is 0.600 bits per heavy atom. The van der Waals surface area contributed by atoms with Crippen molar-refractivity contribution in [1.29, 1.82) is 0 Å². The smallest absolute Gasteiger partial charge is 0.242 e. The molecule has 12 aliphatic rings. The van der Waals surface area contributed by atoms with Crippen LogP contribution in [0.4, 0.5) is 0 Å². The van der Waals surface area contributed by atoms with Crippen molar-refractivity contribution in [1.82, 2.24) is 4.98 Å². The molecule has 45 heavy (non-hydrogen) atoms. The molecule has 4 atom stereocenters. The molecular weight excluding hydrogens is 564 g/mol. The third-order valence-electron chi connectivity index (χ3n) is 14.9. The minimum Gasteiger partial charge on any atom is -0.618 e. The summed E-state index contributed by atoms with van der Waals surface area (Å²) >= 11 is 0. The van der Waals surface area contributed by atoms with Gasteiger partial charge in [0.25, 0.3) is 0 Å². The number of aryl methyl sites for hydroxylation is 2. The summed E-state index contributed by atoms with van der Waals surface area (Å²) in [6.07, 6.45) is 16.1. The van der Waals surface area contributed by atoms with Crippen LogP contribution >= 0.6 is 0 Å². The van der Waals surface area contributed by atoms with E-state index in [1.165, 1.54) is 69.8 Å². The van der Waals surface area contributed by atoms with Crippen LogP contribution < -0.4 is 4.73 Å². The molecule has 0 amide bonds. The van der Waals surface area contributed by atoms with E-state index in [-0.39, 0.29) is 24.4 Å². The highest BCUT2D eigenvalue weighted by atomic mass is 16.8. The number of pyridine rings is 2. The molecule has 10 fully saturated rings. The van der Waals surface area contributed by atoms with Gasteiger partial charge in [0.2, 0.25) is 11.4 Å². The van der Waals surface area contributed by atoms with Crippen LogP contribution in [0.1, 0.15) is 112 Å². The highest BCUT2D eigenvalue weighted by molar-refractivity contribution is 5.53. The number of rotatable bonds is 1. The Morgan fingerprint density at radius 3 is 1.71 bits per heavy atom. The van der Waals surface area contributed by atoms with E-state index in [0.29, 0.717) is 29.4 Å². The van der Waals surface area contributed by atoms with Crippen molar-refractivity contribution >= 4 is 0 Å². The quantitative estimate of drug-likeness (QED) is 0.272. The molecule has 2 aliphatic heterocycles. The molecule has 0 aromatic carbocycles. The van der Waals surface area contributed by atoms with E-state index >= 15 is 0 Å². The summed E-state index contributed by atoms with van der Waals surface area (Å²) in [6, 6.07) is 8.39. The van der Waals surface area contributed by atoms with Gasteiger partial charge in [0.1, 0.15) is 11.8 Å². The number of fused-ring (bicyclic) bond motifs is 6. The number of hydrogen-bond acceptors (Lipinski definition) is 6. The highest BCUT2D eigenvalue weighted by Crippen LogP contribution is 2.66. The largest absolute Gasteiger partial charge is 0.618 e. The van der Waals surface area contributed by atoms with Gasteiger partial charge < -0.3 is 24.2 Å².